The molecular formula is C30H34FN3O3. The molecule has 2 aliphatic heterocycles. The summed E-state index contributed by atoms with van der Waals surface area (Å²) in [5.41, 5.74) is 3.45. The lowest BCUT2D eigenvalue weighted by molar-refractivity contribution is 0.0573. The van der Waals surface area contributed by atoms with E-state index in [0.717, 1.165) is 80.3 Å². The Morgan fingerprint density at radius 1 is 1.08 bits per heavy atom. The Kier molecular flexibility index (Phi) is 6.63. The Morgan fingerprint density at radius 3 is 2.78 bits per heavy atom. The summed E-state index contributed by atoms with van der Waals surface area (Å²) in [5, 5.41) is 2.03. The third-order valence-electron chi connectivity index (χ3n) is 8.32. The summed E-state index contributed by atoms with van der Waals surface area (Å²) in [5.74, 6) is 1.07. The van der Waals surface area contributed by atoms with Gasteiger partial charge in [0.25, 0.3) is 5.91 Å². The van der Waals surface area contributed by atoms with E-state index in [4.69, 9.17) is 9.15 Å². The van der Waals surface area contributed by atoms with Crippen LogP contribution in [0.3, 0.4) is 0 Å². The Hall–Kier alpha value is -3.32. The van der Waals surface area contributed by atoms with E-state index in [1.807, 2.05) is 36.6 Å². The maximum Gasteiger partial charge on any atom is 0.270 e. The van der Waals surface area contributed by atoms with Crippen molar-refractivity contribution in [3.05, 3.63) is 65.8 Å². The fraction of sp³-hybridized carbons (Fsp3) is 0.433. The molecule has 1 amide bonds. The molecule has 4 aromatic rings. The van der Waals surface area contributed by atoms with Crippen molar-refractivity contribution >= 4 is 27.8 Å². The first kappa shape index (κ1) is 24.0. The minimum atomic E-state index is -0.261. The number of hydrogen-bond acceptors (Lipinski definition) is 4. The number of H-pyrrole nitrogens is 1. The van der Waals surface area contributed by atoms with Crippen molar-refractivity contribution in [3.8, 4) is 5.75 Å². The van der Waals surface area contributed by atoms with Gasteiger partial charge < -0.3 is 23.9 Å². The van der Waals surface area contributed by atoms with Crippen molar-refractivity contribution in [2.75, 3.05) is 33.3 Å². The predicted octanol–water partition coefficient (Wildman–Crippen LogP) is 6.33. The van der Waals surface area contributed by atoms with Crippen molar-refractivity contribution in [2.24, 2.45) is 0 Å². The molecule has 37 heavy (non-hydrogen) atoms. The molecule has 1 atom stereocenters. The third kappa shape index (κ3) is 4.85. The van der Waals surface area contributed by atoms with Gasteiger partial charge in [0, 0.05) is 47.1 Å². The predicted molar refractivity (Wildman–Crippen MR) is 143 cm³/mol. The van der Waals surface area contributed by atoms with Crippen LogP contribution in [0.25, 0.3) is 21.9 Å². The van der Waals surface area contributed by atoms with Gasteiger partial charge in [0.1, 0.15) is 22.8 Å². The van der Waals surface area contributed by atoms with E-state index in [1.54, 1.807) is 7.11 Å². The van der Waals surface area contributed by atoms with Crippen LogP contribution in [0.4, 0.5) is 4.39 Å². The average Bonchev–Trinajstić information content (AvgIpc) is 3.55. The topological polar surface area (TPSA) is 61.7 Å². The summed E-state index contributed by atoms with van der Waals surface area (Å²) in [6.45, 7) is 3.88. The molecule has 1 N–H and O–H groups in total. The molecule has 194 valence electrons. The van der Waals surface area contributed by atoms with Gasteiger partial charge in [-0.15, -0.1) is 0 Å². The SMILES string of the molecule is COc1ccc2[nH]c(C(=O)N3CCCCC3CCN3CCC(c4coc5cc(F)ccc45)CC3)cc2c1. The summed E-state index contributed by atoms with van der Waals surface area (Å²) in [4.78, 5) is 21.4. The number of aromatic nitrogens is 1. The maximum atomic E-state index is 13.5. The number of nitrogens with one attached hydrogen (secondary N) is 1. The number of likely N-dealkylation sites (tertiary alicyclic amines) is 2. The van der Waals surface area contributed by atoms with E-state index < -0.39 is 0 Å². The molecule has 2 aromatic heterocycles. The number of hydrogen-bond donors (Lipinski definition) is 1. The summed E-state index contributed by atoms with van der Waals surface area (Å²) in [7, 11) is 1.66. The highest BCUT2D eigenvalue weighted by Gasteiger charge is 2.30. The fourth-order valence-corrected chi connectivity index (χ4v) is 6.21. The Morgan fingerprint density at radius 2 is 1.95 bits per heavy atom. The number of furan rings is 1. The number of ether oxygens (including phenoxy) is 1. The number of rotatable bonds is 6. The number of amides is 1. The minimum Gasteiger partial charge on any atom is -0.497 e. The van der Waals surface area contributed by atoms with Crippen LogP contribution in [0.15, 0.2) is 53.1 Å². The first-order chi connectivity index (χ1) is 18.1. The number of aromatic amines is 1. The first-order valence-electron chi connectivity index (χ1n) is 13.5. The molecule has 7 heteroatoms. The van der Waals surface area contributed by atoms with Gasteiger partial charge in [-0.3, -0.25) is 4.79 Å². The summed E-state index contributed by atoms with van der Waals surface area (Å²) >= 11 is 0. The number of halogens is 1. The largest absolute Gasteiger partial charge is 0.497 e. The van der Waals surface area contributed by atoms with Gasteiger partial charge >= 0.3 is 0 Å². The summed E-state index contributed by atoms with van der Waals surface area (Å²) in [6, 6.07) is 12.9. The lowest BCUT2D eigenvalue weighted by Crippen LogP contribution is -2.46. The number of fused-ring (bicyclic) bond motifs is 2. The van der Waals surface area contributed by atoms with Crippen LogP contribution in [0, 0.1) is 5.82 Å². The van der Waals surface area contributed by atoms with Crippen LogP contribution < -0.4 is 4.74 Å². The van der Waals surface area contributed by atoms with Crippen LogP contribution in [-0.4, -0.2) is 60.0 Å². The van der Waals surface area contributed by atoms with Gasteiger partial charge in [0.05, 0.1) is 13.4 Å². The van der Waals surface area contributed by atoms with E-state index >= 15 is 0 Å². The quantitative estimate of drug-likeness (QED) is 0.334. The Bertz CT molecular complexity index is 1400. The minimum absolute atomic E-state index is 0.0989. The van der Waals surface area contributed by atoms with Crippen molar-refractivity contribution in [1.29, 1.82) is 0 Å². The van der Waals surface area contributed by atoms with Crippen LogP contribution in [0.2, 0.25) is 0 Å². The van der Waals surface area contributed by atoms with E-state index in [1.165, 1.54) is 24.1 Å². The molecule has 4 heterocycles. The van der Waals surface area contributed by atoms with Crippen molar-refractivity contribution < 1.29 is 18.3 Å². The molecule has 6 nitrogen and oxygen atoms in total. The second-order valence-electron chi connectivity index (χ2n) is 10.5. The molecule has 2 aliphatic rings. The molecule has 6 rings (SSSR count). The molecular weight excluding hydrogens is 469 g/mol. The number of benzene rings is 2. The molecule has 2 aromatic carbocycles. The summed E-state index contributed by atoms with van der Waals surface area (Å²) in [6.07, 6.45) is 8.25. The second kappa shape index (κ2) is 10.2. The molecule has 2 fully saturated rings. The molecule has 0 saturated carbocycles. The Balaban J connectivity index is 1.07. The highest BCUT2D eigenvalue weighted by molar-refractivity contribution is 5.98. The van der Waals surface area contributed by atoms with Crippen LogP contribution in [0.5, 0.6) is 5.75 Å². The van der Waals surface area contributed by atoms with Gasteiger partial charge in [-0.25, -0.2) is 4.39 Å². The lowest BCUT2D eigenvalue weighted by atomic mass is 9.89. The zero-order valence-corrected chi connectivity index (χ0v) is 21.3. The highest BCUT2D eigenvalue weighted by atomic mass is 19.1. The van der Waals surface area contributed by atoms with Gasteiger partial charge in [-0.05, 0) is 93.9 Å². The first-order valence-corrected chi connectivity index (χ1v) is 13.5. The second-order valence-corrected chi connectivity index (χ2v) is 10.5. The van der Waals surface area contributed by atoms with E-state index in [-0.39, 0.29) is 17.8 Å². The highest BCUT2D eigenvalue weighted by Crippen LogP contribution is 2.35. The lowest BCUT2D eigenvalue weighted by Gasteiger charge is -2.38. The van der Waals surface area contributed by atoms with Crippen molar-refractivity contribution in [2.45, 2.75) is 50.5 Å². The van der Waals surface area contributed by atoms with Crippen LogP contribution >= 0.6 is 0 Å². The van der Waals surface area contributed by atoms with E-state index in [0.29, 0.717) is 17.2 Å². The average molecular weight is 504 g/mol. The van der Waals surface area contributed by atoms with Gasteiger partial charge in [-0.2, -0.15) is 0 Å². The molecule has 0 aliphatic carbocycles. The normalized spacial score (nSPS) is 19.6. The number of piperidine rings is 2. The Labute approximate surface area is 216 Å². The van der Waals surface area contributed by atoms with Crippen molar-refractivity contribution in [1.82, 2.24) is 14.8 Å². The monoisotopic (exact) mass is 503 g/mol. The van der Waals surface area contributed by atoms with E-state index in [9.17, 15) is 9.18 Å². The van der Waals surface area contributed by atoms with Gasteiger partial charge in [-0.1, -0.05) is 0 Å². The zero-order chi connectivity index (χ0) is 25.4. The number of carbonyl (C=O) groups is 1. The summed E-state index contributed by atoms with van der Waals surface area (Å²) < 4.78 is 24.5. The maximum absolute atomic E-state index is 13.5. The smallest absolute Gasteiger partial charge is 0.270 e. The number of carbonyl (C=O) groups excluding carboxylic acids is 1. The number of nitrogens with zero attached hydrogens (tertiary/aromatic N) is 2. The zero-order valence-electron chi connectivity index (χ0n) is 21.3. The molecule has 1 unspecified atom stereocenters. The molecule has 0 bridgehead atoms. The third-order valence-corrected chi connectivity index (χ3v) is 8.32. The molecule has 0 radical (unpaired) electrons. The molecule has 2 saturated heterocycles. The fourth-order valence-electron chi connectivity index (χ4n) is 6.21. The van der Waals surface area contributed by atoms with Crippen LogP contribution in [0.1, 0.15) is 60.5 Å². The van der Waals surface area contributed by atoms with E-state index in [2.05, 4.69) is 14.8 Å². The van der Waals surface area contributed by atoms with Crippen molar-refractivity contribution in [3.63, 3.8) is 0 Å². The molecule has 0 spiro atoms. The van der Waals surface area contributed by atoms with Crippen LogP contribution in [-0.2, 0) is 0 Å². The standard InChI is InChI=1S/C30H34FN3O3/c1-36-24-6-8-27-21(16-24)17-28(32-27)30(35)34-12-3-2-4-23(34)11-15-33-13-9-20(10-14-33)26-19-37-29-18-22(31)5-7-25(26)29/h5-8,16-20,23,32H,2-4,9-15H2,1H3. The van der Waals surface area contributed by atoms with Gasteiger partial charge in [0.2, 0.25) is 0 Å². The van der Waals surface area contributed by atoms with Gasteiger partial charge in [0.15, 0.2) is 0 Å². The number of methoxy groups -OCH3 is 1.